The van der Waals surface area contributed by atoms with Crippen LogP contribution in [0.1, 0.15) is 5.56 Å². The summed E-state index contributed by atoms with van der Waals surface area (Å²) in [5.41, 5.74) is 1.93. The smallest absolute Gasteiger partial charge is 0.0660 e. The molecule has 0 radical (unpaired) electrons. The second kappa shape index (κ2) is 7.04. The largest absolute Gasteiger partial charge is 0.385 e. The first kappa shape index (κ1) is 13.7. The maximum atomic E-state index is 6.09. The second-order valence-corrected chi connectivity index (χ2v) is 11.6. The highest BCUT2D eigenvalue weighted by Gasteiger charge is 2.16. The fraction of sp³-hybridized carbons (Fsp3) is 0.538. The fourth-order valence-electron chi connectivity index (χ4n) is 1.65. The quantitative estimate of drug-likeness (QED) is 0.707. The van der Waals surface area contributed by atoms with Crippen molar-refractivity contribution in [3.05, 3.63) is 35.9 Å². The third-order valence-electron chi connectivity index (χ3n) is 2.67. The molecule has 1 unspecified atom stereocenters. The van der Waals surface area contributed by atoms with E-state index in [0.717, 1.165) is 12.7 Å². The fourth-order valence-corrected chi connectivity index (χ4v) is 3.74. The van der Waals surface area contributed by atoms with Crippen LogP contribution in [-0.2, 0) is 11.2 Å². The standard InChI is InChI=1S/C13H24OSi2/c1-15(2)11-14-13(16(3)4)10-12-8-6-5-7-9-12/h5-9,13,15-16H,10-11H2,1-4H3. The highest BCUT2D eigenvalue weighted by atomic mass is 28.3. The number of rotatable bonds is 6. The van der Waals surface area contributed by atoms with Crippen LogP contribution in [0.25, 0.3) is 0 Å². The van der Waals surface area contributed by atoms with Crippen molar-refractivity contribution < 1.29 is 4.74 Å². The first-order chi connectivity index (χ1) is 7.59. The van der Waals surface area contributed by atoms with Gasteiger partial charge in [-0.05, 0) is 12.0 Å². The lowest BCUT2D eigenvalue weighted by atomic mass is 10.2. The minimum atomic E-state index is -0.714. The van der Waals surface area contributed by atoms with Crippen LogP contribution >= 0.6 is 0 Å². The van der Waals surface area contributed by atoms with Crippen molar-refractivity contribution in [1.82, 2.24) is 0 Å². The normalized spacial score (nSPS) is 13.4. The van der Waals surface area contributed by atoms with Crippen LogP contribution in [0.3, 0.4) is 0 Å². The molecule has 3 heteroatoms. The topological polar surface area (TPSA) is 9.23 Å². The molecule has 0 aromatic heterocycles. The van der Waals surface area contributed by atoms with Crippen LogP contribution in [0.15, 0.2) is 30.3 Å². The maximum absolute atomic E-state index is 6.09. The monoisotopic (exact) mass is 252 g/mol. The van der Waals surface area contributed by atoms with E-state index < -0.39 is 17.6 Å². The predicted octanol–water partition coefficient (Wildman–Crippen LogP) is 2.67. The number of benzene rings is 1. The summed E-state index contributed by atoms with van der Waals surface area (Å²) in [5, 5.41) is 0. The van der Waals surface area contributed by atoms with Crippen molar-refractivity contribution in [3.63, 3.8) is 0 Å². The molecule has 0 aliphatic heterocycles. The van der Waals surface area contributed by atoms with Crippen LogP contribution < -0.4 is 0 Å². The summed E-state index contributed by atoms with van der Waals surface area (Å²) in [7, 11) is -1.29. The molecular weight excluding hydrogens is 228 g/mol. The van der Waals surface area contributed by atoms with Crippen molar-refractivity contribution in [2.75, 3.05) is 6.23 Å². The molecule has 1 rings (SSSR count). The van der Waals surface area contributed by atoms with Gasteiger partial charge in [-0.3, -0.25) is 0 Å². The molecule has 0 saturated heterocycles. The summed E-state index contributed by atoms with van der Waals surface area (Å²) in [6.45, 7) is 9.47. The van der Waals surface area contributed by atoms with Gasteiger partial charge in [-0.15, -0.1) is 0 Å². The van der Waals surface area contributed by atoms with E-state index in [0.29, 0.717) is 5.73 Å². The highest BCUT2D eigenvalue weighted by molar-refractivity contribution is 6.58. The van der Waals surface area contributed by atoms with Crippen LogP contribution in [0.2, 0.25) is 26.2 Å². The van der Waals surface area contributed by atoms with E-state index in [4.69, 9.17) is 4.74 Å². The summed E-state index contributed by atoms with van der Waals surface area (Å²) in [6, 6.07) is 10.7. The van der Waals surface area contributed by atoms with Gasteiger partial charge in [0.15, 0.2) is 0 Å². The lowest BCUT2D eigenvalue weighted by molar-refractivity contribution is 0.140. The van der Waals surface area contributed by atoms with E-state index in [1.807, 2.05) is 0 Å². The summed E-state index contributed by atoms with van der Waals surface area (Å²) < 4.78 is 6.09. The van der Waals surface area contributed by atoms with Gasteiger partial charge < -0.3 is 4.74 Å². The Labute approximate surface area is 103 Å². The minimum absolute atomic E-state index is 0.511. The molecule has 0 amide bonds. The van der Waals surface area contributed by atoms with Crippen molar-refractivity contribution in [2.45, 2.75) is 38.3 Å². The molecule has 1 aromatic carbocycles. The molecule has 0 heterocycles. The molecule has 0 fully saturated rings. The summed E-state index contributed by atoms with van der Waals surface area (Å²) in [5.74, 6) is 0. The zero-order chi connectivity index (χ0) is 12.0. The number of ether oxygens (including phenoxy) is 1. The van der Waals surface area contributed by atoms with E-state index in [2.05, 4.69) is 56.5 Å². The van der Waals surface area contributed by atoms with Gasteiger partial charge in [-0.25, -0.2) is 0 Å². The molecule has 1 nitrogen and oxygen atoms in total. The van der Waals surface area contributed by atoms with E-state index >= 15 is 0 Å². The number of hydrogen-bond donors (Lipinski definition) is 0. The molecule has 0 aliphatic rings. The first-order valence-electron chi connectivity index (χ1n) is 6.25. The van der Waals surface area contributed by atoms with E-state index in [1.165, 1.54) is 5.56 Å². The van der Waals surface area contributed by atoms with Crippen molar-refractivity contribution in [3.8, 4) is 0 Å². The third-order valence-corrected chi connectivity index (χ3v) is 5.44. The SMILES string of the molecule is C[SiH](C)COC(Cc1ccccc1)[SiH](C)C. The van der Waals surface area contributed by atoms with E-state index in [9.17, 15) is 0 Å². The molecule has 1 aromatic rings. The van der Waals surface area contributed by atoms with E-state index in [-0.39, 0.29) is 0 Å². The average Bonchev–Trinajstić information content (AvgIpc) is 2.25. The summed E-state index contributed by atoms with van der Waals surface area (Å²) in [6.07, 6.45) is 2.13. The minimum Gasteiger partial charge on any atom is -0.385 e. The zero-order valence-electron chi connectivity index (χ0n) is 10.9. The Kier molecular flexibility index (Phi) is 6.02. The second-order valence-electron chi connectivity index (χ2n) is 5.20. The number of hydrogen-bond acceptors (Lipinski definition) is 1. The summed E-state index contributed by atoms with van der Waals surface area (Å²) in [4.78, 5) is 0. The Morgan fingerprint density at radius 1 is 1.06 bits per heavy atom. The molecule has 90 valence electrons. The molecule has 16 heavy (non-hydrogen) atoms. The molecule has 0 N–H and O–H groups in total. The Bertz CT molecular complexity index is 285. The maximum Gasteiger partial charge on any atom is 0.0660 e. The third kappa shape index (κ3) is 5.10. The van der Waals surface area contributed by atoms with Gasteiger partial charge in [0, 0.05) is 12.0 Å². The van der Waals surface area contributed by atoms with Crippen molar-refractivity contribution >= 4 is 17.6 Å². The Morgan fingerprint density at radius 2 is 1.69 bits per heavy atom. The van der Waals surface area contributed by atoms with Crippen LogP contribution in [0.4, 0.5) is 0 Å². The van der Waals surface area contributed by atoms with Gasteiger partial charge in [0.1, 0.15) is 0 Å². The zero-order valence-corrected chi connectivity index (χ0v) is 13.3. The molecule has 0 aliphatic carbocycles. The molecule has 0 saturated carbocycles. The van der Waals surface area contributed by atoms with Crippen molar-refractivity contribution in [1.29, 1.82) is 0 Å². The van der Waals surface area contributed by atoms with Gasteiger partial charge >= 0.3 is 0 Å². The lowest BCUT2D eigenvalue weighted by Crippen LogP contribution is -2.33. The predicted molar refractivity (Wildman–Crippen MR) is 77.6 cm³/mol. The Hall–Kier alpha value is -0.386. The highest BCUT2D eigenvalue weighted by Crippen LogP contribution is 2.09. The van der Waals surface area contributed by atoms with Gasteiger partial charge in [0.25, 0.3) is 0 Å². The van der Waals surface area contributed by atoms with Gasteiger partial charge in [-0.2, -0.15) is 0 Å². The van der Waals surface area contributed by atoms with Gasteiger partial charge in [0.05, 0.1) is 17.6 Å². The molecular formula is C13H24OSi2. The van der Waals surface area contributed by atoms with Crippen LogP contribution in [-0.4, -0.2) is 29.6 Å². The van der Waals surface area contributed by atoms with E-state index in [1.54, 1.807) is 0 Å². The van der Waals surface area contributed by atoms with Crippen molar-refractivity contribution in [2.24, 2.45) is 0 Å². The summed E-state index contributed by atoms with van der Waals surface area (Å²) >= 11 is 0. The van der Waals surface area contributed by atoms with Gasteiger partial charge in [0.2, 0.25) is 0 Å². The lowest BCUT2D eigenvalue weighted by Gasteiger charge is -2.22. The average molecular weight is 253 g/mol. The van der Waals surface area contributed by atoms with Crippen LogP contribution in [0, 0.1) is 0 Å². The Balaban J connectivity index is 2.51. The molecule has 0 spiro atoms. The van der Waals surface area contributed by atoms with Crippen LogP contribution in [0.5, 0.6) is 0 Å². The first-order valence-corrected chi connectivity index (χ1v) is 12.3. The Morgan fingerprint density at radius 3 is 2.19 bits per heavy atom. The molecule has 0 bridgehead atoms. The molecule has 1 atom stereocenters. The van der Waals surface area contributed by atoms with Gasteiger partial charge in [-0.1, -0.05) is 56.5 Å².